The molecule has 14 heavy (non-hydrogen) atoms. The number of anilines is 1. The summed E-state index contributed by atoms with van der Waals surface area (Å²) in [5, 5.41) is 0. The molecule has 0 N–H and O–H groups in total. The summed E-state index contributed by atoms with van der Waals surface area (Å²) in [5.41, 5.74) is 1.39. The molecule has 1 aliphatic rings. The maximum absolute atomic E-state index is 2.50. The molecule has 0 aromatic heterocycles. The first-order valence-electron chi connectivity index (χ1n) is 5.26. The third-order valence-electron chi connectivity index (χ3n) is 2.96. The Balaban J connectivity index is 2.08. The van der Waals surface area contributed by atoms with Gasteiger partial charge in [0.25, 0.3) is 0 Å². The quantitative estimate of drug-likeness (QED) is 0.717. The maximum atomic E-state index is 2.50. The first-order valence-corrected chi connectivity index (χ1v) is 6.34. The van der Waals surface area contributed by atoms with Crippen LogP contribution in [0.4, 0.5) is 5.69 Å². The standard InChI is InChI=1S/C12H16IN/c1-10-5-7-14(8-6-10)12-4-2-3-11(13)9-12/h2-4,9-10H,5-8H2,1H3. The van der Waals surface area contributed by atoms with Crippen LogP contribution in [0, 0.1) is 9.49 Å². The lowest BCUT2D eigenvalue weighted by atomic mass is 9.99. The van der Waals surface area contributed by atoms with E-state index in [-0.39, 0.29) is 0 Å². The number of nitrogens with zero attached hydrogens (tertiary/aromatic N) is 1. The van der Waals surface area contributed by atoms with Crippen LogP contribution in [0.25, 0.3) is 0 Å². The molecule has 2 heteroatoms. The molecule has 1 saturated heterocycles. The smallest absolute Gasteiger partial charge is 0.0376 e. The fraction of sp³-hybridized carbons (Fsp3) is 0.500. The van der Waals surface area contributed by atoms with Gasteiger partial charge >= 0.3 is 0 Å². The van der Waals surface area contributed by atoms with E-state index in [4.69, 9.17) is 0 Å². The van der Waals surface area contributed by atoms with Gasteiger partial charge < -0.3 is 4.90 Å². The number of halogens is 1. The average molecular weight is 301 g/mol. The van der Waals surface area contributed by atoms with Gasteiger partial charge in [0.05, 0.1) is 0 Å². The van der Waals surface area contributed by atoms with E-state index in [1.54, 1.807) is 0 Å². The second-order valence-corrected chi connectivity index (χ2v) is 5.40. The topological polar surface area (TPSA) is 3.24 Å². The molecule has 1 aromatic carbocycles. The van der Waals surface area contributed by atoms with E-state index in [1.807, 2.05) is 0 Å². The lowest BCUT2D eigenvalue weighted by Crippen LogP contribution is -2.32. The van der Waals surface area contributed by atoms with Crippen LogP contribution in [0.5, 0.6) is 0 Å². The van der Waals surface area contributed by atoms with Crippen LogP contribution in [0.1, 0.15) is 19.8 Å². The second kappa shape index (κ2) is 4.51. The van der Waals surface area contributed by atoms with Crippen molar-refractivity contribution in [1.29, 1.82) is 0 Å². The molecule has 0 saturated carbocycles. The van der Waals surface area contributed by atoms with Crippen molar-refractivity contribution in [1.82, 2.24) is 0 Å². The molecule has 2 rings (SSSR count). The van der Waals surface area contributed by atoms with E-state index in [9.17, 15) is 0 Å². The molecular formula is C12H16IN. The SMILES string of the molecule is CC1CCN(c2cccc(I)c2)CC1. The maximum Gasteiger partial charge on any atom is 0.0376 e. The zero-order valence-corrected chi connectivity index (χ0v) is 10.7. The fourth-order valence-corrected chi connectivity index (χ4v) is 2.47. The van der Waals surface area contributed by atoms with Gasteiger partial charge in [-0.15, -0.1) is 0 Å². The van der Waals surface area contributed by atoms with Gasteiger partial charge in [-0.05, 0) is 59.5 Å². The minimum Gasteiger partial charge on any atom is -0.371 e. The molecule has 0 spiro atoms. The number of hydrogen-bond acceptors (Lipinski definition) is 1. The van der Waals surface area contributed by atoms with Gasteiger partial charge in [0, 0.05) is 22.3 Å². The minimum atomic E-state index is 0.911. The third kappa shape index (κ3) is 2.41. The zero-order chi connectivity index (χ0) is 9.97. The lowest BCUT2D eigenvalue weighted by Gasteiger charge is -2.32. The summed E-state index contributed by atoms with van der Waals surface area (Å²) in [5.74, 6) is 0.911. The van der Waals surface area contributed by atoms with E-state index in [1.165, 1.54) is 35.2 Å². The van der Waals surface area contributed by atoms with Crippen molar-refractivity contribution in [3.8, 4) is 0 Å². The van der Waals surface area contributed by atoms with E-state index in [0.29, 0.717) is 0 Å². The highest BCUT2D eigenvalue weighted by Gasteiger charge is 2.15. The molecule has 0 atom stereocenters. The third-order valence-corrected chi connectivity index (χ3v) is 3.63. The number of piperidine rings is 1. The first kappa shape index (κ1) is 10.3. The Hall–Kier alpha value is -0.250. The summed E-state index contributed by atoms with van der Waals surface area (Å²) < 4.78 is 1.33. The molecule has 0 aliphatic carbocycles. The van der Waals surface area contributed by atoms with E-state index in [2.05, 4.69) is 58.7 Å². The molecule has 0 unspecified atom stereocenters. The van der Waals surface area contributed by atoms with Crippen LogP contribution >= 0.6 is 22.6 Å². The van der Waals surface area contributed by atoms with Crippen molar-refractivity contribution in [2.24, 2.45) is 5.92 Å². The Bertz CT molecular complexity index is 303. The summed E-state index contributed by atoms with van der Waals surface area (Å²) in [6.45, 7) is 4.80. The van der Waals surface area contributed by atoms with Crippen molar-refractivity contribution in [3.63, 3.8) is 0 Å². The van der Waals surface area contributed by atoms with Crippen molar-refractivity contribution in [2.75, 3.05) is 18.0 Å². The Kier molecular flexibility index (Phi) is 3.31. The molecule has 1 nitrogen and oxygen atoms in total. The Labute approximate surface area is 99.6 Å². The predicted molar refractivity (Wildman–Crippen MR) is 69.8 cm³/mol. The highest BCUT2D eigenvalue weighted by atomic mass is 127. The van der Waals surface area contributed by atoms with Crippen molar-refractivity contribution in [2.45, 2.75) is 19.8 Å². The van der Waals surface area contributed by atoms with Gasteiger partial charge in [-0.3, -0.25) is 0 Å². The van der Waals surface area contributed by atoms with E-state index >= 15 is 0 Å². The first-order chi connectivity index (χ1) is 6.75. The summed E-state index contributed by atoms with van der Waals surface area (Å²) in [6.07, 6.45) is 2.68. The molecular weight excluding hydrogens is 285 g/mol. The van der Waals surface area contributed by atoms with Crippen LogP contribution in [0.2, 0.25) is 0 Å². The number of rotatable bonds is 1. The average Bonchev–Trinajstić information content (AvgIpc) is 2.19. The Morgan fingerprint density at radius 1 is 1.29 bits per heavy atom. The predicted octanol–water partition coefficient (Wildman–Crippen LogP) is 3.53. The second-order valence-electron chi connectivity index (χ2n) is 4.15. The van der Waals surface area contributed by atoms with Crippen LogP contribution in [0.15, 0.2) is 24.3 Å². The highest BCUT2D eigenvalue weighted by Crippen LogP contribution is 2.23. The molecule has 1 fully saturated rings. The summed E-state index contributed by atoms with van der Waals surface area (Å²) >= 11 is 2.38. The van der Waals surface area contributed by atoms with Gasteiger partial charge in [-0.2, -0.15) is 0 Å². The molecule has 1 heterocycles. The van der Waals surface area contributed by atoms with Crippen molar-refractivity contribution < 1.29 is 0 Å². The van der Waals surface area contributed by atoms with Gasteiger partial charge in [0.2, 0.25) is 0 Å². The normalized spacial score (nSPS) is 18.6. The molecule has 76 valence electrons. The van der Waals surface area contributed by atoms with Gasteiger partial charge in [-0.25, -0.2) is 0 Å². The van der Waals surface area contributed by atoms with Gasteiger partial charge in [-0.1, -0.05) is 13.0 Å². The monoisotopic (exact) mass is 301 g/mol. The minimum absolute atomic E-state index is 0.911. The lowest BCUT2D eigenvalue weighted by molar-refractivity contribution is 0.438. The molecule has 1 aliphatic heterocycles. The van der Waals surface area contributed by atoms with Crippen molar-refractivity contribution >= 4 is 28.3 Å². The van der Waals surface area contributed by atoms with Crippen LogP contribution in [-0.2, 0) is 0 Å². The number of benzene rings is 1. The largest absolute Gasteiger partial charge is 0.371 e. The molecule has 1 aromatic rings. The summed E-state index contributed by atoms with van der Waals surface area (Å²) in [7, 11) is 0. The molecule has 0 amide bonds. The summed E-state index contributed by atoms with van der Waals surface area (Å²) in [6, 6.07) is 8.79. The van der Waals surface area contributed by atoms with Crippen LogP contribution in [-0.4, -0.2) is 13.1 Å². The molecule has 0 bridgehead atoms. The summed E-state index contributed by atoms with van der Waals surface area (Å²) in [4.78, 5) is 2.50. The Morgan fingerprint density at radius 2 is 2.00 bits per heavy atom. The van der Waals surface area contributed by atoms with Crippen molar-refractivity contribution in [3.05, 3.63) is 27.8 Å². The Morgan fingerprint density at radius 3 is 2.64 bits per heavy atom. The number of hydrogen-bond donors (Lipinski definition) is 0. The van der Waals surface area contributed by atoms with Gasteiger partial charge in [0.1, 0.15) is 0 Å². The van der Waals surface area contributed by atoms with E-state index < -0.39 is 0 Å². The zero-order valence-electron chi connectivity index (χ0n) is 8.54. The van der Waals surface area contributed by atoms with Crippen LogP contribution in [0.3, 0.4) is 0 Å². The van der Waals surface area contributed by atoms with Crippen LogP contribution < -0.4 is 4.90 Å². The molecule has 0 radical (unpaired) electrons. The fourth-order valence-electron chi connectivity index (χ4n) is 1.94. The van der Waals surface area contributed by atoms with Gasteiger partial charge in [0.15, 0.2) is 0 Å². The van der Waals surface area contributed by atoms with E-state index in [0.717, 1.165) is 5.92 Å². The highest BCUT2D eigenvalue weighted by molar-refractivity contribution is 14.1.